The van der Waals surface area contributed by atoms with Crippen molar-refractivity contribution in [3.63, 3.8) is 0 Å². The Morgan fingerprint density at radius 3 is 2.16 bits per heavy atom. The van der Waals surface area contributed by atoms with Crippen LogP contribution in [0.4, 0.5) is 5.69 Å². The maximum absolute atomic E-state index is 3.47. The Kier molecular flexibility index (Phi) is 3.94. The SMILES string of the molecule is Cc1[c]c(C)c(N(C)C)c(Cc2ccccc2)c1C. The van der Waals surface area contributed by atoms with E-state index in [2.05, 4.69) is 76.2 Å². The lowest BCUT2D eigenvalue weighted by Gasteiger charge is -2.23. The van der Waals surface area contributed by atoms with E-state index in [1.165, 1.54) is 33.5 Å². The number of hydrogen-bond donors (Lipinski definition) is 0. The molecule has 19 heavy (non-hydrogen) atoms. The molecule has 0 spiro atoms. The molecule has 0 aliphatic heterocycles. The highest BCUT2D eigenvalue weighted by molar-refractivity contribution is 5.63. The van der Waals surface area contributed by atoms with E-state index in [0.29, 0.717) is 0 Å². The van der Waals surface area contributed by atoms with Gasteiger partial charge < -0.3 is 4.90 Å². The molecule has 1 radical (unpaired) electrons. The van der Waals surface area contributed by atoms with E-state index in [-0.39, 0.29) is 0 Å². The van der Waals surface area contributed by atoms with Crippen molar-refractivity contribution in [1.82, 2.24) is 0 Å². The van der Waals surface area contributed by atoms with Crippen molar-refractivity contribution < 1.29 is 0 Å². The van der Waals surface area contributed by atoms with E-state index < -0.39 is 0 Å². The van der Waals surface area contributed by atoms with Crippen LogP contribution in [0.25, 0.3) is 0 Å². The Balaban J connectivity index is 2.54. The Bertz CT molecular complexity index is 568. The van der Waals surface area contributed by atoms with E-state index in [0.717, 1.165) is 6.42 Å². The average Bonchev–Trinajstić information content (AvgIpc) is 2.36. The third-order valence-electron chi connectivity index (χ3n) is 3.70. The molecule has 0 fully saturated rings. The zero-order valence-corrected chi connectivity index (χ0v) is 12.5. The number of aryl methyl sites for hydroxylation is 2. The summed E-state index contributed by atoms with van der Waals surface area (Å²) in [5.41, 5.74) is 7.95. The Morgan fingerprint density at radius 2 is 1.58 bits per heavy atom. The molecule has 2 rings (SSSR count). The molecule has 0 amide bonds. The first-order chi connectivity index (χ1) is 9.00. The van der Waals surface area contributed by atoms with Gasteiger partial charge >= 0.3 is 0 Å². The third kappa shape index (κ3) is 2.81. The van der Waals surface area contributed by atoms with Gasteiger partial charge in [-0.2, -0.15) is 0 Å². The molecule has 0 saturated heterocycles. The van der Waals surface area contributed by atoms with Crippen LogP contribution >= 0.6 is 0 Å². The quantitative estimate of drug-likeness (QED) is 0.796. The minimum absolute atomic E-state index is 0.983. The van der Waals surface area contributed by atoms with E-state index in [1.54, 1.807) is 0 Å². The molecular formula is C18H22N. The van der Waals surface area contributed by atoms with Crippen LogP contribution in [0.2, 0.25) is 0 Å². The molecule has 1 heteroatoms. The van der Waals surface area contributed by atoms with Crippen molar-refractivity contribution in [2.75, 3.05) is 19.0 Å². The zero-order valence-electron chi connectivity index (χ0n) is 12.5. The fraction of sp³-hybridized carbons (Fsp3) is 0.333. The van der Waals surface area contributed by atoms with Gasteiger partial charge in [0.25, 0.3) is 0 Å². The van der Waals surface area contributed by atoms with E-state index in [9.17, 15) is 0 Å². The number of hydrogen-bond acceptors (Lipinski definition) is 1. The molecule has 0 bridgehead atoms. The summed E-state index contributed by atoms with van der Waals surface area (Å²) in [6, 6.07) is 14.1. The van der Waals surface area contributed by atoms with E-state index >= 15 is 0 Å². The zero-order chi connectivity index (χ0) is 14.0. The van der Waals surface area contributed by atoms with Gasteiger partial charge in [-0.15, -0.1) is 0 Å². The Labute approximate surface area is 116 Å². The minimum atomic E-state index is 0.983. The topological polar surface area (TPSA) is 3.24 Å². The summed E-state index contributed by atoms with van der Waals surface area (Å²) in [6.07, 6.45) is 0.983. The van der Waals surface area contributed by atoms with Crippen molar-refractivity contribution in [2.24, 2.45) is 0 Å². The van der Waals surface area contributed by atoms with Crippen LogP contribution in [0.3, 0.4) is 0 Å². The molecule has 0 aromatic heterocycles. The van der Waals surface area contributed by atoms with Gasteiger partial charge in [0.2, 0.25) is 0 Å². The predicted molar refractivity (Wildman–Crippen MR) is 83.1 cm³/mol. The summed E-state index contributed by atoms with van der Waals surface area (Å²) in [6.45, 7) is 6.50. The summed E-state index contributed by atoms with van der Waals surface area (Å²) in [4.78, 5) is 2.20. The summed E-state index contributed by atoms with van der Waals surface area (Å²) in [7, 11) is 4.22. The predicted octanol–water partition coefficient (Wildman–Crippen LogP) is 4.07. The lowest BCUT2D eigenvalue weighted by Crippen LogP contribution is -2.15. The number of rotatable bonds is 3. The molecule has 0 unspecified atom stereocenters. The largest absolute Gasteiger partial charge is 0.377 e. The second-order valence-corrected chi connectivity index (χ2v) is 5.38. The van der Waals surface area contributed by atoms with E-state index in [4.69, 9.17) is 0 Å². The Hall–Kier alpha value is -1.76. The Morgan fingerprint density at radius 1 is 0.947 bits per heavy atom. The monoisotopic (exact) mass is 252 g/mol. The van der Waals surface area contributed by atoms with Crippen LogP contribution in [-0.4, -0.2) is 14.1 Å². The first-order valence-electron chi connectivity index (χ1n) is 6.74. The maximum atomic E-state index is 3.47. The molecule has 0 aliphatic carbocycles. The van der Waals surface area contributed by atoms with Gasteiger partial charge in [0.1, 0.15) is 0 Å². The fourth-order valence-electron chi connectivity index (χ4n) is 2.69. The lowest BCUT2D eigenvalue weighted by atomic mass is 9.92. The van der Waals surface area contributed by atoms with Crippen LogP contribution in [0, 0.1) is 26.8 Å². The van der Waals surface area contributed by atoms with E-state index in [1.807, 2.05) is 0 Å². The molecule has 1 nitrogen and oxygen atoms in total. The van der Waals surface area contributed by atoms with Crippen LogP contribution < -0.4 is 4.90 Å². The molecule has 0 aliphatic rings. The highest BCUT2D eigenvalue weighted by Gasteiger charge is 2.13. The molecule has 0 atom stereocenters. The van der Waals surface area contributed by atoms with Gasteiger partial charge in [0, 0.05) is 19.8 Å². The molecule has 2 aromatic carbocycles. The first-order valence-corrected chi connectivity index (χ1v) is 6.74. The maximum Gasteiger partial charge on any atom is 0.0435 e. The second kappa shape index (κ2) is 5.48. The van der Waals surface area contributed by atoms with Gasteiger partial charge in [0.05, 0.1) is 0 Å². The molecule has 0 saturated carbocycles. The highest BCUT2D eigenvalue weighted by atomic mass is 15.1. The van der Waals surface area contributed by atoms with Crippen molar-refractivity contribution in [3.8, 4) is 0 Å². The van der Waals surface area contributed by atoms with Gasteiger partial charge in [-0.3, -0.25) is 0 Å². The summed E-state index contributed by atoms with van der Waals surface area (Å²) in [5, 5.41) is 0. The summed E-state index contributed by atoms with van der Waals surface area (Å²) >= 11 is 0. The number of anilines is 1. The van der Waals surface area contributed by atoms with Crippen LogP contribution in [0.15, 0.2) is 30.3 Å². The standard InChI is InChI=1S/C18H22N/c1-13-11-14(2)18(19(4)5)17(15(13)3)12-16-9-7-6-8-10-16/h6-10H,12H2,1-5H3. The molecule has 0 N–H and O–H groups in total. The van der Waals surface area contributed by atoms with Crippen molar-refractivity contribution in [3.05, 3.63) is 64.2 Å². The minimum Gasteiger partial charge on any atom is -0.377 e. The van der Waals surface area contributed by atoms with Crippen LogP contribution in [0.1, 0.15) is 27.8 Å². The van der Waals surface area contributed by atoms with Gasteiger partial charge in [-0.05, 0) is 61.1 Å². The molecular weight excluding hydrogens is 230 g/mol. The van der Waals surface area contributed by atoms with Crippen LogP contribution in [0.5, 0.6) is 0 Å². The summed E-state index contributed by atoms with van der Waals surface area (Å²) < 4.78 is 0. The van der Waals surface area contributed by atoms with Crippen LogP contribution in [-0.2, 0) is 6.42 Å². The second-order valence-electron chi connectivity index (χ2n) is 5.38. The van der Waals surface area contributed by atoms with Crippen molar-refractivity contribution in [1.29, 1.82) is 0 Å². The van der Waals surface area contributed by atoms with Crippen molar-refractivity contribution in [2.45, 2.75) is 27.2 Å². The van der Waals surface area contributed by atoms with Crippen molar-refractivity contribution >= 4 is 5.69 Å². The molecule has 0 heterocycles. The number of benzene rings is 2. The van der Waals surface area contributed by atoms with Gasteiger partial charge in [0.15, 0.2) is 0 Å². The fourth-order valence-corrected chi connectivity index (χ4v) is 2.69. The average molecular weight is 252 g/mol. The molecule has 2 aromatic rings. The molecule has 99 valence electrons. The summed E-state index contributed by atoms with van der Waals surface area (Å²) in [5.74, 6) is 0. The normalized spacial score (nSPS) is 10.6. The smallest absolute Gasteiger partial charge is 0.0435 e. The lowest BCUT2D eigenvalue weighted by molar-refractivity contribution is 1.04. The first kappa shape index (κ1) is 13.7. The number of nitrogens with zero attached hydrogens (tertiary/aromatic N) is 1. The third-order valence-corrected chi connectivity index (χ3v) is 3.70. The highest BCUT2D eigenvalue weighted by Crippen LogP contribution is 2.30. The van der Waals surface area contributed by atoms with Gasteiger partial charge in [-0.25, -0.2) is 0 Å². The van der Waals surface area contributed by atoms with Gasteiger partial charge in [-0.1, -0.05) is 30.3 Å².